The standard InChI is InChI=1S/C19H18N6OS/c1-3-17(26)20-12-9-15(27-10-12)19-21-14-7-5-4-6-13(14)18(23-19)22-16-8-11(2)24-25-16/h4-10H,3H2,1-2H3,(H,20,26)(H2,21,22,23,24,25). The Balaban J connectivity index is 1.74. The van der Waals surface area contributed by atoms with Gasteiger partial charge in [0.05, 0.1) is 16.1 Å². The van der Waals surface area contributed by atoms with E-state index in [2.05, 4.69) is 25.8 Å². The first-order chi connectivity index (χ1) is 13.1. The van der Waals surface area contributed by atoms with Gasteiger partial charge in [-0.15, -0.1) is 11.3 Å². The van der Waals surface area contributed by atoms with Crippen molar-refractivity contribution >= 4 is 45.5 Å². The fourth-order valence-electron chi connectivity index (χ4n) is 2.65. The Kier molecular flexibility index (Phi) is 4.55. The molecule has 3 aromatic heterocycles. The van der Waals surface area contributed by atoms with Gasteiger partial charge in [0.25, 0.3) is 0 Å². The Morgan fingerprint density at radius 2 is 2.07 bits per heavy atom. The summed E-state index contributed by atoms with van der Waals surface area (Å²) in [6, 6.07) is 11.6. The van der Waals surface area contributed by atoms with Gasteiger partial charge in [-0.05, 0) is 25.1 Å². The largest absolute Gasteiger partial charge is 0.325 e. The van der Waals surface area contributed by atoms with Crippen LogP contribution < -0.4 is 10.6 Å². The number of amides is 1. The van der Waals surface area contributed by atoms with Crippen molar-refractivity contribution < 1.29 is 4.79 Å². The van der Waals surface area contributed by atoms with E-state index in [0.29, 0.717) is 23.9 Å². The van der Waals surface area contributed by atoms with Crippen molar-refractivity contribution in [3.8, 4) is 10.7 Å². The molecular weight excluding hydrogens is 360 g/mol. The molecule has 1 aromatic carbocycles. The van der Waals surface area contributed by atoms with Crippen LogP contribution in [0.15, 0.2) is 41.8 Å². The molecule has 3 heterocycles. The van der Waals surface area contributed by atoms with Crippen LogP contribution in [-0.2, 0) is 4.79 Å². The van der Waals surface area contributed by atoms with Crippen LogP contribution in [0, 0.1) is 6.92 Å². The summed E-state index contributed by atoms with van der Waals surface area (Å²) >= 11 is 1.49. The van der Waals surface area contributed by atoms with Gasteiger partial charge in [0.2, 0.25) is 5.91 Å². The van der Waals surface area contributed by atoms with Crippen LogP contribution >= 0.6 is 11.3 Å². The molecule has 0 fully saturated rings. The molecule has 136 valence electrons. The van der Waals surface area contributed by atoms with Gasteiger partial charge >= 0.3 is 0 Å². The minimum atomic E-state index is -0.0185. The van der Waals surface area contributed by atoms with E-state index >= 15 is 0 Å². The van der Waals surface area contributed by atoms with E-state index in [0.717, 1.165) is 27.2 Å². The van der Waals surface area contributed by atoms with Crippen molar-refractivity contribution in [3.05, 3.63) is 47.5 Å². The Bertz CT molecular complexity index is 1120. The monoisotopic (exact) mass is 378 g/mol. The molecule has 0 bridgehead atoms. The highest BCUT2D eigenvalue weighted by Gasteiger charge is 2.13. The third-order valence-corrected chi connectivity index (χ3v) is 4.91. The number of benzene rings is 1. The number of hydrogen-bond donors (Lipinski definition) is 3. The minimum Gasteiger partial charge on any atom is -0.325 e. The fraction of sp³-hybridized carbons (Fsp3) is 0.158. The molecule has 0 unspecified atom stereocenters. The van der Waals surface area contributed by atoms with Crippen molar-refractivity contribution in [1.82, 2.24) is 20.2 Å². The summed E-state index contributed by atoms with van der Waals surface area (Å²) in [7, 11) is 0. The number of nitrogens with one attached hydrogen (secondary N) is 3. The van der Waals surface area contributed by atoms with Crippen molar-refractivity contribution in [1.29, 1.82) is 0 Å². The van der Waals surface area contributed by atoms with E-state index in [4.69, 9.17) is 4.98 Å². The van der Waals surface area contributed by atoms with Gasteiger partial charge in [-0.2, -0.15) is 5.10 Å². The third kappa shape index (κ3) is 3.65. The Hall–Kier alpha value is -3.26. The van der Waals surface area contributed by atoms with Crippen LogP contribution in [-0.4, -0.2) is 26.1 Å². The predicted octanol–water partition coefficient (Wildman–Crippen LogP) is 4.48. The first-order valence-electron chi connectivity index (χ1n) is 8.57. The highest BCUT2D eigenvalue weighted by Crippen LogP contribution is 2.31. The van der Waals surface area contributed by atoms with Gasteiger partial charge in [-0.1, -0.05) is 19.1 Å². The summed E-state index contributed by atoms with van der Waals surface area (Å²) in [6.45, 7) is 3.77. The van der Waals surface area contributed by atoms with Crippen molar-refractivity contribution in [2.75, 3.05) is 10.6 Å². The summed E-state index contributed by atoms with van der Waals surface area (Å²) in [5, 5.41) is 16.1. The summed E-state index contributed by atoms with van der Waals surface area (Å²) in [5.41, 5.74) is 2.56. The van der Waals surface area contributed by atoms with Crippen LogP contribution in [0.3, 0.4) is 0 Å². The highest BCUT2D eigenvalue weighted by atomic mass is 32.1. The Labute approximate surface area is 159 Å². The Morgan fingerprint density at radius 3 is 2.85 bits per heavy atom. The lowest BCUT2D eigenvalue weighted by Gasteiger charge is -2.08. The van der Waals surface area contributed by atoms with Crippen molar-refractivity contribution in [2.45, 2.75) is 20.3 Å². The van der Waals surface area contributed by atoms with Gasteiger partial charge in [0.15, 0.2) is 11.6 Å². The van der Waals surface area contributed by atoms with E-state index in [1.54, 1.807) is 0 Å². The molecule has 0 aliphatic carbocycles. The number of aryl methyl sites for hydroxylation is 1. The number of carbonyl (C=O) groups is 1. The number of anilines is 3. The average Bonchev–Trinajstić information content (AvgIpc) is 3.30. The molecule has 1 amide bonds. The maximum absolute atomic E-state index is 11.6. The second-order valence-electron chi connectivity index (χ2n) is 6.08. The van der Waals surface area contributed by atoms with Crippen LogP contribution in [0.4, 0.5) is 17.3 Å². The van der Waals surface area contributed by atoms with E-state index in [-0.39, 0.29) is 5.91 Å². The van der Waals surface area contributed by atoms with E-state index in [1.165, 1.54) is 11.3 Å². The molecule has 27 heavy (non-hydrogen) atoms. The molecule has 0 radical (unpaired) electrons. The predicted molar refractivity (Wildman–Crippen MR) is 108 cm³/mol. The van der Waals surface area contributed by atoms with Crippen LogP contribution in [0.2, 0.25) is 0 Å². The summed E-state index contributed by atoms with van der Waals surface area (Å²) in [4.78, 5) is 21.9. The molecule has 0 atom stereocenters. The number of para-hydroxylation sites is 1. The summed E-state index contributed by atoms with van der Waals surface area (Å²) < 4.78 is 0. The smallest absolute Gasteiger partial charge is 0.224 e. The molecule has 0 spiro atoms. The summed E-state index contributed by atoms with van der Waals surface area (Å²) in [5.74, 6) is 1.97. The number of thiophene rings is 1. The highest BCUT2D eigenvalue weighted by molar-refractivity contribution is 7.14. The molecule has 3 N–H and O–H groups in total. The van der Waals surface area contributed by atoms with Gasteiger partial charge < -0.3 is 10.6 Å². The molecule has 4 rings (SSSR count). The zero-order valence-corrected chi connectivity index (χ0v) is 15.7. The fourth-order valence-corrected chi connectivity index (χ4v) is 3.43. The second-order valence-corrected chi connectivity index (χ2v) is 6.99. The number of fused-ring (bicyclic) bond motifs is 1. The number of H-pyrrole nitrogens is 1. The first-order valence-corrected chi connectivity index (χ1v) is 9.45. The Morgan fingerprint density at radius 1 is 1.22 bits per heavy atom. The zero-order chi connectivity index (χ0) is 18.8. The molecule has 0 aliphatic rings. The van der Waals surface area contributed by atoms with Crippen molar-refractivity contribution in [3.63, 3.8) is 0 Å². The first kappa shape index (κ1) is 17.2. The minimum absolute atomic E-state index is 0.0185. The molecule has 0 aliphatic heterocycles. The molecule has 0 saturated carbocycles. The number of rotatable bonds is 5. The molecular formula is C19H18N6OS. The SMILES string of the molecule is CCC(=O)Nc1csc(-c2nc(Nc3cc(C)[nH]n3)c3ccccc3n2)c1. The number of hydrogen-bond acceptors (Lipinski definition) is 6. The lowest BCUT2D eigenvalue weighted by molar-refractivity contribution is -0.115. The zero-order valence-electron chi connectivity index (χ0n) is 14.9. The number of nitrogens with zero attached hydrogens (tertiary/aromatic N) is 3. The summed E-state index contributed by atoms with van der Waals surface area (Å²) in [6.07, 6.45) is 0.439. The van der Waals surface area contributed by atoms with Crippen LogP contribution in [0.1, 0.15) is 19.0 Å². The molecule has 0 saturated heterocycles. The van der Waals surface area contributed by atoms with Crippen LogP contribution in [0.25, 0.3) is 21.6 Å². The van der Waals surface area contributed by atoms with E-state index in [9.17, 15) is 4.79 Å². The third-order valence-electron chi connectivity index (χ3n) is 3.98. The lowest BCUT2D eigenvalue weighted by Crippen LogP contribution is -2.08. The second kappa shape index (κ2) is 7.16. The number of carbonyl (C=O) groups excluding carboxylic acids is 1. The average molecular weight is 378 g/mol. The van der Waals surface area contributed by atoms with Gasteiger partial charge in [0, 0.05) is 28.9 Å². The van der Waals surface area contributed by atoms with Gasteiger partial charge in [-0.25, -0.2) is 9.97 Å². The molecule has 4 aromatic rings. The van der Waals surface area contributed by atoms with Gasteiger partial charge in [0.1, 0.15) is 5.82 Å². The normalized spacial score (nSPS) is 10.9. The van der Waals surface area contributed by atoms with E-state index in [1.807, 2.05) is 55.6 Å². The topological polar surface area (TPSA) is 95.6 Å². The quantitative estimate of drug-likeness (QED) is 0.476. The van der Waals surface area contributed by atoms with Crippen LogP contribution in [0.5, 0.6) is 0 Å². The van der Waals surface area contributed by atoms with Crippen molar-refractivity contribution in [2.24, 2.45) is 0 Å². The number of aromatic amines is 1. The molecule has 8 heteroatoms. The molecule has 7 nitrogen and oxygen atoms in total. The lowest BCUT2D eigenvalue weighted by atomic mass is 10.2. The maximum atomic E-state index is 11.6. The van der Waals surface area contributed by atoms with E-state index < -0.39 is 0 Å². The number of aromatic nitrogens is 4. The maximum Gasteiger partial charge on any atom is 0.224 e. The van der Waals surface area contributed by atoms with Gasteiger partial charge in [-0.3, -0.25) is 9.89 Å².